The fourth-order valence-electron chi connectivity index (χ4n) is 6.11. The van der Waals surface area contributed by atoms with Crippen molar-refractivity contribution in [2.75, 3.05) is 39.3 Å². The maximum absolute atomic E-state index is 15.6. The van der Waals surface area contributed by atoms with Gasteiger partial charge in [0.25, 0.3) is 0 Å². The third-order valence-corrected chi connectivity index (χ3v) is 9.16. The first-order chi connectivity index (χ1) is 21.7. The van der Waals surface area contributed by atoms with E-state index in [4.69, 9.17) is 9.84 Å². The zero-order valence-corrected chi connectivity index (χ0v) is 27.2. The number of carbonyl (C=O) groups excluding carboxylic acids is 1. The van der Waals surface area contributed by atoms with Gasteiger partial charge < -0.3 is 5.32 Å². The van der Waals surface area contributed by atoms with Crippen LogP contribution in [0.25, 0.3) is 22.3 Å². The van der Waals surface area contributed by atoms with E-state index in [2.05, 4.69) is 43.1 Å². The number of halogens is 1. The Balaban J connectivity index is 1.28. The summed E-state index contributed by atoms with van der Waals surface area (Å²) in [4.78, 5) is 26.6. The van der Waals surface area contributed by atoms with Crippen molar-refractivity contribution in [2.24, 2.45) is 0 Å². The van der Waals surface area contributed by atoms with E-state index in [9.17, 15) is 10.1 Å². The summed E-state index contributed by atoms with van der Waals surface area (Å²) < 4.78 is 23.9. The van der Waals surface area contributed by atoms with E-state index < -0.39 is 11.4 Å². The first-order valence-corrected chi connectivity index (χ1v) is 16.0. The van der Waals surface area contributed by atoms with Crippen LogP contribution in [0.5, 0.6) is 11.5 Å². The number of likely N-dealkylation sites (tertiary alicyclic amines) is 1. The fraction of sp³-hybridized carbons (Fsp3) is 0.364. The van der Waals surface area contributed by atoms with Gasteiger partial charge in [0.05, 0.1) is 0 Å². The van der Waals surface area contributed by atoms with Crippen LogP contribution in [0.3, 0.4) is 0 Å². The van der Waals surface area contributed by atoms with Crippen LogP contribution in [0, 0.1) is 17.1 Å². The van der Waals surface area contributed by atoms with Gasteiger partial charge in [-0.1, -0.05) is 0 Å². The van der Waals surface area contributed by atoms with Gasteiger partial charge in [-0.3, -0.25) is 0 Å². The summed E-state index contributed by atoms with van der Waals surface area (Å²) >= 11 is 2.41. The molecule has 1 N–H and O–H groups in total. The van der Waals surface area contributed by atoms with Gasteiger partial charge in [0.1, 0.15) is 0 Å². The zero-order chi connectivity index (χ0) is 31.6. The molecule has 0 bridgehead atoms. The van der Waals surface area contributed by atoms with Gasteiger partial charge in [0.15, 0.2) is 0 Å². The SMILES string of the molecule is CC(C)(C=C(C#N)C(=O)N1CCCC(n2nc(-c3ccc(Oc4ccccc4)cc3F)c3c([As])ncnc32)C1)N1CCNCC1. The number of nitrogens with one attached hydrogen (secondary N) is 1. The molecule has 1 amide bonds. The van der Waals surface area contributed by atoms with Crippen LogP contribution < -0.4 is 14.5 Å². The number of para-hydroxylation sites is 1. The summed E-state index contributed by atoms with van der Waals surface area (Å²) in [7, 11) is 0. The molecule has 6 rings (SSSR count). The molecule has 0 spiro atoms. The quantitative estimate of drug-likeness (QED) is 0.181. The summed E-state index contributed by atoms with van der Waals surface area (Å²) in [6, 6.07) is 15.9. The molecular weight excluding hydrogens is 634 g/mol. The molecule has 4 heterocycles. The van der Waals surface area contributed by atoms with Crippen LogP contribution in [-0.2, 0) is 4.79 Å². The zero-order valence-electron chi connectivity index (χ0n) is 25.3. The molecule has 45 heavy (non-hydrogen) atoms. The van der Waals surface area contributed by atoms with Crippen LogP contribution in [0.2, 0.25) is 0 Å². The number of hydrogen-bond acceptors (Lipinski definition) is 8. The van der Waals surface area contributed by atoms with Crippen molar-refractivity contribution in [3.63, 3.8) is 0 Å². The number of carbonyl (C=O) groups is 1. The number of hydrogen-bond donors (Lipinski definition) is 1. The molecule has 2 saturated heterocycles. The molecule has 2 radical (unpaired) electrons. The van der Waals surface area contributed by atoms with Gasteiger partial charge in [-0.15, -0.1) is 0 Å². The minimum Gasteiger partial charge on any atom is -0.314 e. The molecule has 0 saturated carbocycles. The van der Waals surface area contributed by atoms with Crippen molar-refractivity contribution in [3.05, 3.63) is 72.3 Å². The predicted molar refractivity (Wildman–Crippen MR) is 170 cm³/mol. The molecule has 1 atom stereocenters. The van der Waals surface area contributed by atoms with Gasteiger partial charge in [0, 0.05) is 26.2 Å². The molecule has 2 aliphatic heterocycles. The van der Waals surface area contributed by atoms with Crippen molar-refractivity contribution in [1.29, 1.82) is 5.26 Å². The van der Waals surface area contributed by atoms with Crippen molar-refractivity contribution < 1.29 is 13.9 Å². The molecule has 10 nitrogen and oxygen atoms in total. The number of nitriles is 1. The van der Waals surface area contributed by atoms with E-state index >= 15 is 4.39 Å². The summed E-state index contributed by atoms with van der Waals surface area (Å²) in [6.07, 6.45) is 4.74. The summed E-state index contributed by atoms with van der Waals surface area (Å²) in [6.45, 7) is 8.42. The average molecular weight is 669 g/mol. The molecule has 1 unspecified atom stereocenters. The molecule has 2 aromatic heterocycles. The number of nitrogens with zero attached hydrogens (tertiary/aromatic N) is 7. The molecule has 2 fully saturated rings. The Morgan fingerprint density at radius 2 is 1.91 bits per heavy atom. The topological polar surface area (TPSA) is 112 Å². The number of amides is 1. The minimum absolute atomic E-state index is 0.139. The summed E-state index contributed by atoms with van der Waals surface area (Å²) in [5, 5.41) is 18.9. The Labute approximate surface area is 270 Å². The van der Waals surface area contributed by atoms with Gasteiger partial charge >= 0.3 is 240 Å². The van der Waals surface area contributed by atoms with Crippen LogP contribution in [0.1, 0.15) is 32.7 Å². The molecule has 0 aliphatic carbocycles. The molecule has 2 aromatic carbocycles. The van der Waals surface area contributed by atoms with Gasteiger partial charge in [-0.25, -0.2) is 0 Å². The summed E-state index contributed by atoms with van der Waals surface area (Å²) in [5.41, 5.74) is 0.984. The number of fused-ring (bicyclic) bond motifs is 1. The maximum atomic E-state index is 15.6. The van der Waals surface area contributed by atoms with Crippen LogP contribution in [-0.4, -0.2) is 97.1 Å². The third kappa shape index (κ3) is 6.50. The first kappa shape index (κ1) is 30.9. The van der Waals surface area contributed by atoms with Gasteiger partial charge in [-0.2, -0.15) is 0 Å². The van der Waals surface area contributed by atoms with Gasteiger partial charge in [-0.05, 0) is 0 Å². The fourth-order valence-corrected chi connectivity index (χ4v) is 6.65. The predicted octanol–water partition coefficient (Wildman–Crippen LogP) is 3.52. The standard InChI is InChI=1S/C33H34AsFN8O2/c1-33(2,42-15-12-37-13-16-42)18-22(19-36)32(44)41-14-6-7-23(20-41)43-31-28(30(34)38-21-39-31)29(40-43)26-11-10-25(17-27(26)35)45-24-8-4-3-5-9-24/h3-5,8-11,17-18,21,23,37H,6-7,12-16,20H2,1-2H3. The van der Waals surface area contributed by atoms with E-state index in [1.165, 1.54) is 12.4 Å². The van der Waals surface area contributed by atoms with Crippen molar-refractivity contribution in [2.45, 2.75) is 38.3 Å². The van der Waals surface area contributed by atoms with Crippen molar-refractivity contribution in [1.82, 2.24) is 34.9 Å². The molecular formula is C33H34AsFN8O2. The number of piperazine rings is 1. The third-order valence-electron chi connectivity index (χ3n) is 8.45. The Bertz CT molecular complexity index is 1780. The molecule has 230 valence electrons. The number of ether oxygens (including phenoxy) is 1. The van der Waals surface area contributed by atoms with Crippen LogP contribution in [0.4, 0.5) is 4.39 Å². The van der Waals surface area contributed by atoms with E-state index in [0.29, 0.717) is 51.4 Å². The van der Waals surface area contributed by atoms with E-state index in [-0.39, 0.29) is 17.5 Å². The van der Waals surface area contributed by atoms with Crippen LogP contribution in [0.15, 0.2) is 66.5 Å². The Kier molecular flexibility index (Phi) is 8.99. The number of aromatic nitrogens is 4. The summed E-state index contributed by atoms with van der Waals surface area (Å²) in [5.74, 6) is 0.212. The Morgan fingerprint density at radius 3 is 2.64 bits per heavy atom. The smallest absolute Gasteiger partial charge is 0.314 e. The van der Waals surface area contributed by atoms with Crippen LogP contribution >= 0.6 is 0 Å². The molecule has 12 heteroatoms. The normalized spacial score (nSPS) is 18.2. The van der Waals surface area contributed by atoms with Crippen molar-refractivity contribution >= 4 is 38.3 Å². The number of benzene rings is 2. The van der Waals surface area contributed by atoms with Gasteiger partial charge in [0.2, 0.25) is 0 Å². The second-order valence-corrected chi connectivity index (χ2v) is 12.7. The monoisotopic (exact) mass is 668 g/mol. The Morgan fingerprint density at radius 1 is 1.13 bits per heavy atom. The second kappa shape index (κ2) is 13.1. The number of piperidine rings is 1. The first-order valence-electron chi connectivity index (χ1n) is 15.1. The van der Waals surface area contributed by atoms with E-state index in [0.717, 1.165) is 39.0 Å². The van der Waals surface area contributed by atoms with E-state index in [1.54, 1.807) is 39.9 Å². The average Bonchev–Trinajstić information content (AvgIpc) is 3.45. The molecule has 4 aromatic rings. The molecule has 2 aliphatic rings. The minimum atomic E-state index is -0.484. The Hall–Kier alpha value is -4.10. The van der Waals surface area contributed by atoms with Crippen molar-refractivity contribution in [3.8, 4) is 28.8 Å². The van der Waals surface area contributed by atoms with E-state index in [1.807, 2.05) is 32.0 Å². The second-order valence-electron chi connectivity index (χ2n) is 11.9. The number of rotatable bonds is 7.